The Hall–Kier alpha value is -1.50. The number of carbonyl (C=O) groups excluding carboxylic acids is 1. The van der Waals surface area contributed by atoms with Crippen LogP contribution in [0.5, 0.6) is 0 Å². The van der Waals surface area contributed by atoms with Crippen molar-refractivity contribution in [2.24, 2.45) is 5.73 Å². The Labute approximate surface area is 93.1 Å². The van der Waals surface area contributed by atoms with E-state index >= 15 is 0 Å². The zero-order valence-electron chi connectivity index (χ0n) is 8.92. The van der Waals surface area contributed by atoms with Crippen LogP contribution in [0, 0.1) is 0 Å². The number of aliphatic hydroxyl groups excluding tert-OH is 2. The van der Waals surface area contributed by atoms with Crippen LogP contribution < -0.4 is 11.1 Å². The number of likely N-dealkylation sites (N-methyl/N-ethyl adjacent to an activating group) is 1. The van der Waals surface area contributed by atoms with Gasteiger partial charge in [0.1, 0.15) is 11.8 Å². The number of aliphatic hydroxyl groups is 2. The zero-order valence-corrected chi connectivity index (χ0v) is 8.92. The Morgan fingerprint density at radius 1 is 1.56 bits per heavy atom. The molecular weight excluding hydrogens is 210 g/mol. The first-order valence-electron chi connectivity index (χ1n) is 4.83. The van der Waals surface area contributed by atoms with Crippen LogP contribution in [-0.2, 0) is 0 Å². The first kappa shape index (κ1) is 12.6. The van der Waals surface area contributed by atoms with Crippen LogP contribution in [0.3, 0.4) is 0 Å². The van der Waals surface area contributed by atoms with Gasteiger partial charge in [-0.1, -0.05) is 6.07 Å². The summed E-state index contributed by atoms with van der Waals surface area (Å²) >= 11 is 0. The second-order valence-corrected chi connectivity index (χ2v) is 3.38. The molecule has 6 nitrogen and oxygen atoms in total. The molecule has 88 valence electrons. The van der Waals surface area contributed by atoms with E-state index in [1.165, 1.54) is 12.1 Å². The van der Waals surface area contributed by atoms with Crippen LogP contribution in [0.4, 0.5) is 0 Å². The summed E-state index contributed by atoms with van der Waals surface area (Å²) in [5.74, 6) is -0.669. The lowest BCUT2D eigenvalue weighted by atomic mass is 10.1. The molecule has 1 aromatic rings. The molecule has 2 unspecified atom stereocenters. The van der Waals surface area contributed by atoms with E-state index in [4.69, 9.17) is 5.73 Å². The molecule has 0 saturated carbocycles. The molecule has 0 aromatic carbocycles. The van der Waals surface area contributed by atoms with E-state index in [-0.39, 0.29) is 17.9 Å². The molecule has 0 aliphatic carbocycles. The lowest BCUT2D eigenvalue weighted by molar-refractivity contribution is 0.0176. The van der Waals surface area contributed by atoms with Crippen molar-refractivity contribution in [1.82, 2.24) is 10.3 Å². The van der Waals surface area contributed by atoms with Gasteiger partial charge in [0.2, 0.25) is 0 Å². The molecule has 1 rings (SSSR count). The van der Waals surface area contributed by atoms with E-state index in [0.717, 1.165) is 0 Å². The first-order valence-corrected chi connectivity index (χ1v) is 4.83. The van der Waals surface area contributed by atoms with Gasteiger partial charge in [-0.2, -0.15) is 0 Å². The van der Waals surface area contributed by atoms with Gasteiger partial charge in [0.15, 0.2) is 0 Å². The zero-order chi connectivity index (χ0) is 12.1. The van der Waals surface area contributed by atoms with Gasteiger partial charge in [-0.15, -0.1) is 0 Å². The lowest BCUT2D eigenvalue weighted by Gasteiger charge is -2.17. The molecule has 1 amide bonds. The van der Waals surface area contributed by atoms with Crippen LogP contribution in [-0.4, -0.2) is 40.8 Å². The van der Waals surface area contributed by atoms with Crippen molar-refractivity contribution in [1.29, 1.82) is 0 Å². The summed E-state index contributed by atoms with van der Waals surface area (Å²) in [6, 6.07) is 4.52. The molecule has 0 fully saturated rings. The molecular formula is C10H15N3O3. The third-order valence-electron chi connectivity index (χ3n) is 2.10. The molecule has 1 aromatic heterocycles. The number of aromatic nitrogens is 1. The fourth-order valence-corrected chi connectivity index (χ4v) is 1.27. The molecule has 0 saturated heterocycles. The van der Waals surface area contributed by atoms with E-state index < -0.39 is 18.1 Å². The summed E-state index contributed by atoms with van der Waals surface area (Å²) in [4.78, 5) is 14.7. The minimum atomic E-state index is -1.15. The molecule has 0 radical (unpaired) electrons. The Balaban J connectivity index is 2.86. The topological polar surface area (TPSA) is 108 Å². The summed E-state index contributed by atoms with van der Waals surface area (Å²) in [5.41, 5.74) is 5.34. The summed E-state index contributed by atoms with van der Waals surface area (Å²) in [6.07, 6.45) is -2.13. The minimum Gasteiger partial charge on any atom is -0.389 e. The van der Waals surface area contributed by atoms with Gasteiger partial charge in [0, 0.05) is 6.54 Å². The Bertz CT molecular complexity index is 370. The smallest absolute Gasteiger partial charge is 0.267 e. The Morgan fingerprint density at radius 2 is 2.25 bits per heavy atom. The number of amides is 1. The predicted octanol–water partition coefficient (Wildman–Crippen LogP) is -1.21. The molecule has 5 N–H and O–H groups in total. The number of carbonyl (C=O) groups is 1. The van der Waals surface area contributed by atoms with Crippen LogP contribution in [0.25, 0.3) is 0 Å². The van der Waals surface area contributed by atoms with Gasteiger partial charge in [0.25, 0.3) is 5.91 Å². The summed E-state index contributed by atoms with van der Waals surface area (Å²) in [6.45, 7) is 0.226. The largest absolute Gasteiger partial charge is 0.389 e. The average Bonchev–Trinajstić information content (AvgIpc) is 2.28. The van der Waals surface area contributed by atoms with E-state index in [1.54, 1.807) is 13.1 Å². The monoisotopic (exact) mass is 225 g/mol. The van der Waals surface area contributed by atoms with Crippen molar-refractivity contribution in [3.8, 4) is 0 Å². The lowest BCUT2D eigenvalue weighted by Crippen LogP contribution is -2.30. The van der Waals surface area contributed by atoms with E-state index in [9.17, 15) is 15.0 Å². The number of hydrogen-bond acceptors (Lipinski definition) is 5. The van der Waals surface area contributed by atoms with Gasteiger partial charge in [-0.3, -0.25) is 4.79 Å². The standard InChI is InChI=1S/C10H15N3O3/c1-12-5-8(14)9(15)6-3-2-4-7(13-6)10(11)16/h2-4,8-9,12,14-15H,5H2,1H3,(H2,11,16). The molecule has 0 bridgehead atoms. The SMILES string of the molecule is CNCC(O)C(O)c1cccc(C(N)=O)n1. The normalized spacial score (nSPS) is 14.4. The second-order valence-electron chi connectivity index (χ2n) is 3.38. The highest BCUT2D eigenvalue weighted by Gasteiger charge is 2.19. The Kier molecular flexibility index (Phi) is 4.36. The fourth-order valence-electron chi connectivity index (χ4n) is 1.27. The average molecular weight is 225 g/mol. The van der Waals surface area contributed by atoms with Gasteiger partial charge < -0.3 is 21.3 Å². The quantitative estimate of drug-likeness (QED) is 0.503. The molecule has 6 heteroatoms. The van der Waals surface area contributed by atoms with Crippen LogP contribution >= 0.6 is 0 Å². The van der Waals surface area contributed by atoms with E-state index in [1.807, 2.05) is 0 Å². The van der Waals surface area contributed by atoms with Crippen molar-refractivity contribution >= 4 is 5.91 Å². The molecule has 0 aliphatic heterocycles. The highest BCUT2D eigenvalue weighted by Crippen LogP contribution is 2.14. The maximum absolute atomic E-state index is 10.9. The molecule has 2 atom stereocenters. The van der Waals surface area contributed by atoms with Crippen molar-refractivity contribution in [3.63, 3.8) is 0 Å². The van der Waals surface area contributed by atoms with Crippen molar-refractivity contribution in [2.75, 3.05) is 13.6 Å². The highest BCUT2D eigenvalue weighted by atomic mass is 16.3. The third-order valence-corrected chi connectivity index (χ3v) is 2.10. The maximum Gasteiger partial charge on any atom is 0.267 e. The second kappa shape index (κ2) is 5.55. The van der Waals surface area contributed by atoms with E-state index in [0.29, 0.717) is 0 Å². The fraction of sp³-hybridized carbons (Fsp3) is 0.400. The first-order chi connectivity index (χ1) is 7.56. The summed E-state index contributed by atoms with van der Waals surface area (Å²) in [7, 11) is 1.66. The molecule has 16 heavy (non-hydrogen) atoms. The number of pyridine rings is 1. The summed E-state index contributed by atoms with van der Waals surface area (Å²) < 4.78 is 0. The summed E-state index contributed by atoms with van der Waals surface area (Å²) in [5, 5.41) is 22.0. The van der Waals surface area contributed by atoms with E-state index in [2.05, 4.69) is 10.3 Å². The number of hydrogen-bond donors (Lipinski definition) is 4. The van der Waals surface area contributed by atoms with Crippen molar-refractivity contribution < 1.29 is 15.0 Å². The van der Waals surface area contributed by atoms with Crippen LogP contribution in [0.1, 0.15) is 22.3 Å². The van der Waals surface area contributed by atoms with Gasteiger partial charge in [-0.05, 0) is 19.2 Å². The predicted molar refractivity (Wildman–Crippen MR) is 57.6 cm³/mol. The number of nitrogens with two attached hydrogens (primary N) is 1. The molecule has 0 aliphatic rings. The van der Waals surface area contributed by atoms with Crippen molar-refractivity contribution in [3.05, 3.63) is 29.6 Å². The van der Waals surface area contributed by atoms with Gasteiger partial charge in [-0.25, -0.2) is 4.98 Å². The maximum atomic E-state index is 10.9. The van der Waals surface area contributed by atoms with Crippen molar-refractivity contribution in [2.45, 2.75) is 12.2 Å². The number of nitrogens with zero attached hydrogens (tertiary/aromatic N) is 1. The number of primary amides is 1. The van der Waals surface area contributed by atoms with Gasteiger partial charge >= 0.3 is 0 Å². The Morgan fingerprint density at radius 3 is 2.81 bits per heavy atom. The number of nitrogens with one attached hydrogen (secondary N) is 1. The number of rotatable bonds is 5. The third kappa shape index (κ3) is 2.99. The van der Waals surface area contributed by atoms with Crippen LogP contribution in [0.2, 0.25) is 0 Å². The van der Waals surface area contributed by atoms with Gasteiger partial charge in [0.05, 0.1) is 11.8 Å². The highest BCUT2D eigenvalue weighted by molar-refractivity contribution is 5.90. The molecule has 1 heterocycles. The van der Waals surface area contributed by atoms with Crippen LogP contribution in [0.15, 0.2) is 18.2 Å². The minimum absolute atomic E-state index is 0.0632. The molecule has 0 spiro atoms.